The highest BCUT2D eigenvalue weighted by molar-refractivity contribution is 6.05. The zero-order valence-corrected chi connectivity index (χ0v) is 14.5. The van der Waals surface area contributed by atoms with Crippen molar-refractivity contribution in [1.29, 1.82) is 0 Å². The molecule has 2 aliphatic rings. The molecule has 1 aromatic heterocycles. The molecule has 9 nitrogen and oxygen atoms in total. The molecular formula is C16H22N6O3. The van der Waals surface area contributed by atoms with Crippen LogP contribution in [0.2, 0.25) is 0 Å². The predicted molar refractivity (Wildman–Crippen MR) is 89.8 cm³/mol. The van der Waals surface area contributed by atoms with Crippen LogP contribution in [0, 0.1) is 0 Å². The normalized spacial score (nSPS) is 21.8. The number of aromatic nitrogens is 2. The lowest BCUT2D eigenvalue weighted by Crippen LogP contribution is -2.41. The van der Waals surface area contributed by atoms with E-state index in [2.05, 4.69) is 14.9 Å². The maximum atomic E-state index is 12.6. The van der Waals surface area contributed by atoms with Crippen LogP contribution in [0.3, 0.4) is 0 Å². The fourth-order valence-electron chi connectivity index (χ4n) is 3.19. The van der Waals surface area contributed by atoms with Crippen molar-refractivity contribution in [2.24, 2.45) is 0 Å². The van der Waals surface area contributed by atoms with Crippen molar-refractivity contribution in [2.75, 3.05) is 45.2 Å². The molecule has 9 heteroatoms. The highest BCUT2D eigenvalue weighted by Gasteiger charge is 2.42. The Labute approximate surface area is 146 Å². The highest BCUT2D eigenvalue weighted by atomic mass is 16.2. The summed E-state index contributed by atoms with van der Waals surface area (Å²) in [5.74, 6) is 0.230. The average molecular weight is 346 g/mol. The van der Waals surface area contributed by atoms with Crippen molar-refractivity contribution < 1.29 is 14.4 Å². The number of hydrogen-bond acceptors (Lipinski definition) is 6. The van der Waals surface area contributed by atoms with E-state index in [1.165, 1.54) is 11.9 Å². The van der Waals surface area contributed by atoms with Crippen molar-refractivity contribution in [3.8, 4) is 0 Å². The van der Waals surface area contributed by atoms with Gasteiger partial charge in [0.2, 0.25) is 11.9 Å². The molecule has 2 saturated heterocycles. The number of rotatable bonds is 3. The van der Waals surface area contributed by atoms with E-state index >= 15 is 0 Å². The third-order valence-electron chi connectivity index (χ3n) is 4.72. The zero-order chi connectivity index (χ0) is 18.0. The molecule has 0 saturated carbocycles. The molecule has 4 amide bonds. The molecule has 1 aromatic rings. The Hall–Kier alpha value is -2.71. The first kappa shape index (κ1) is 17.1. The van der Waals surface area contributed by atoms with Crippen LogP contribution in [0.4, 0.5) is 10.7 Å². The minimum atomic E-state index is -0.707. The van der Waals surface area contributed by atoms with E-state index in [1.54, 1.807) is 30.4 Å². The Morgan fingerprint density at radius 3 is 2.48 bits per heavy atom. The van der Waals surface area contributed by atoms with E-state index in [9.17, 15) is 14.4 Å². The van der Waals surface area contributed by atoms with Gasteiger partial charge in [0.05, 0.1) is 6.42 Å². The molecule has 2 aliphatic heterocycles. The zero-order valence-electron chi connectivity index (χ0n) is 14.5. The lowest BCUT2D eigenvalue weighted by molar-refractivity contribution is -0.136. The van der Waals surface area contributed by atoms with Crippen molar-refractivity contribution in [3.63, 3.8) is 0 Å². The molecular weight excluding hydrogens is 324 g/mol. The number of urea groups is 1. The average Bonchev–Trinajstić information content (AvgIpc) is 2.85. The van der Waals surface area contributed by atoms with Crippen LogP contribution in [0.15, 0.2) is 18.5 Å². The monoisotopic (exact) mass is 346 g/mol. The Balaban J connectivity index is 1.60. The number of nitrogens with zero attached hydrogens (tertiary/aromatic N) is 6. The van der Waals surface area contributed by atoms with Crippen molar-refractivity contribution in [1.82, 2.24) is 24.7 Å². The van der Waals surface area contributed by atoms with Gasteiger partial charge < -0.3 is 14.7 Å². The first-order valence-corrected chi connectivity index (χ1v) is 8.33. The maximum absolute atomic E-state index is 12.6. The van der Waals surface area contributed by atoms with Gasteiger partial charge in [-0.25, -0.2) is 14.8 Å². The third-order valence-corrected chi connectivity index (χ3v) is 4.72. The second-order valence-electron chi connectivity index (χ2n) is 6.28. The quantitative estimate of drug-likeness (QED) is 0.704. The van der Waals surface area contributed by atoms with Gasteiger partial charge in [-0.05, 0) is 12.5 Å². The summed E-state index contributed by atoms with van der Waals surface area (Å²) in [7, 11) is 2.99. The van der Waals surface area contributed by atoms with Gasteiger partial charge in [-0.1, -0.05) is 0 Å². The first-order chi connectivity index (χ1) is 12.0. The first-order valence-electron chi connectivity index (χ1n) is 8.33. The van der Waals surface area contributed by atoms with Gasteiger partial charge in [0.1, 0.15) is 6.04 Å². The number of imide groups is 1. The van der Waals surface area contributed by atoms with Crippen molar-refractivity contribution in [3.05, 3.63) is 18.5 Å². The van der Waals surface area contributed by atoms with Gasteiger partial charge in [0, 0.05) is 52.7 Å². The second kappa shape index (κ2) is 7.04. The molecule has 134 valence electrons. The standard InChI is InChI=1S/C16H22N6O3/c1-19-12(14(24)20(2)16(19)25)11-13(23)21-7-4-8-22(10-9-21)15-17-5-3-6-18-15/h3,5-6,12H,4,7-11H2,1-2H3. The van der Waals surface area contributed by atoms with E-state index in [0.717, 1.165) is 17.9 Å². The Morgan fingerprint density at radius 1 is 1.12 bits per heavy atom. The molecule has 25 heavy (non-hydrogen) atoms. The molecule has 3 heterocycles. The van der Waals surface area contributed by atoms with Crippen LogP contribution in [-0.4, -0.2) is 88.8 Å². The molecule has 0 bridgehead atoms. The van der Waals surface area contributed by atoms with E-state index in [4.69, 9.17) is 0 Å². The number of hydrogen-bond donors (Lipinski definition) is 0. The Morgan fingerprint density at radius 2 is 1.84 bits per heavy atom. The van der Waals surface area contributed by atoms with E-state index in [-0.39, 0.29) is 24.3 Å². The van der Waals surface area contributed by atoms with Gasteiger partial charge in [0.25, 0.3) is 5.91 Å². The SMILES string of the molecule is CN1C(=O)C(CC(=O)N2CCCN(c3ncccn3)CC2)N(C)C1=O. The van der Waals surface area contributed by atoms with E-state index < -0.39 is 6.04 Å². The maximum Gasteiger partial charge on any atom is 0.326 e. The fraction of sp³-hybridized carbons (Fsp3) is 0.562. The van der Waals surface area contributed by atoms with Crippen LogP contribution in [0.5, 0.6) is 0 Å². The fourth-order valence-corrected chi connectivity index (χ4v) is 3.19. The molecule has 0 radical (unpaired) electrons. The van der Waals surface area contributed by atoms with Crippen molar-refractivity contribution >= 4 is 23.8 Å². The number of carbonyl (C=O) groups is 3. The molecule has 0 N–H and O–H groups in total. The van der Waals surface area contributed by atoms with Crippen LogP contribution in [0.1, 0.15) is 12.8 Å². The van der Waals surface area contributed by atoms with Crippen LogP contribution < -0.4 is 4.90 Å². The summed E-state index contributed by atoms with van der Waals surface area (Å²) in [4.78, 5) is 51.3. The van der Waals surface area contributed by atoms with Gasteiger partial charge in [-0.3, -0.25) is 14.5 Å². The number of likely N-dealkylation sites (N-methyl/N-ethyl adjacent to an activating group) is 2. The summed E-state index contributed by atoms with van der Waals surface area (Å²) in [6.45, 7) is 2.59. The lowest BCUT2D eigenvalue weighted by Gasteiger charge is -2.24. The van der Waals surface area contributed by atoms with Gasteiger partial charge in [0.15, 0.2) is 0 Å². The molecule has 1 unspecified atom stereocenters. The predicted octanol–water partition coefficient (Wildman–Crippen LogP) is -0.202. The minimum Gasteiger partial charge on any atom is -0.341 e. The van der Waals surface area contributed by atoms with Gasteiger partial charge >= 0.3 is 6.03 Å². The molecule has 0 spiro atoms. The summed E-state index contributed by atoms with van der Waals surface area (Å²) in [5.41, 5.74) is 0. The summed E-state index contributed by atoms with van der Waals surface area (Å²) in [6.07, 6.45) is 4.22. The number of amides is 4. The molecule has 2 fully saturated rings. The van der Waals surface area contributed by atoms with Gasteiger partial charge in [-0.15, -0.1) is 0 Å². The molecule has 1 atom stereocenters. The molecule has 0 aliphatic carbocycles. The van der Waals surface area contributed by atoms with Crippen LogP contribution >= 0.6 is 0 Å². The van der Waals surface area contributed by atoms with E-state index in [0.29, 0.717) is 25.6 Å². The highest BCUT2D eigenvalue weighted by Crippen LogP contribution is 2.18. The topological polar surface area (TPSA) is 90.0 Å². The summed E-state index contributed by atoms with van der Waals surface area (Å²) in [6, 6.07) is 0.692. The molecule has 3 rings (SSSR count). The van der Waals surface area contributed by atoms with Gasteiger partial charge in [-0.2, -0.15) is 0 Å². The largest absolute Gasteiger partial charge is 0.341 e. The Bertz CT molecular complexity index is 667. The summed E-state index contributed by atoms with van der Waals surface area (Å²) >= 11 is 0. The number of carbonyl (C=O) groups excluding carboxylic acids is 3. The van der Waals surface area contributed by atoms with Crippen molar-refractivity contribution in [2.45, 2.75) is 18.9 Å². The minimum absolute atomic E-state index is 0.0211. The second-order valence-corrected chi connectivity index (χ2v) is 6.28. The lowest BCUT2D eigenvalue weighted by atomic mass is 10.1. The Kier molecular flexibility index (Phi) is 4.82. The van der Waals surface area contributed by atoms with Crippen LogP contribution in [0.25, 0.3) is 0 Å². The third kappa shape index (κ3) is 3.40. The summed E-state index contributed by atoms with van der Waals surface area (Å²) in [5, 5.41) is 0. The number of anilines is 1. The molecule has 0 aromatic carbocycles. The van der Waals surface area contributed by atoms with Crippen LogP contribution in [-0.2, 0) is 9.59 Å². The van der Waals surface area contributed by atoms with E-state index in [1.807, 2.05) is 0 Å². The summed E-state index contributed by atoms with van der Waals surface area (Å²) < 4.78 is 0. The smallest absolute Gasteiger partial charge is 0.326 e.